The number of rotatable bonds is 50. The van der Waals surface area contributed by atoms with Crippen LogP contribution in [-0.4, -0.2) is 68.5 Å². The first-order valence-electron chi connectivity index (χ1n) is 28.7. The van der Waals surface area contributed by atoms with Crippen LogP contribution in [0.4, 0.5) is 0 Å². The predicted octanol–water partition coefficient (Wildman–Crippen LogP) is 17.1. The number of hydrogen-bond acceptors (Lipinski definition) is 6. The zero-order valence-corrected chi connectivity index (χ0v) is 47.9. The summed E-state index contributed by atoms with van der Waals surface area (Å²) in [6.07, 6.45) is 82.2. The zero-order valence-electron chi connectivity index (χ0n) is 47.0. The highest BCUT2D eigenvalue weighted by molar-refractivity contribution is 7.45. The first kappa shape index (κ1) is 69.4. The molecule has 9 heteroatoms. The van der Waals surface area contributed by atoms with Crippen molar-refractivity contribution in [2.24, 2.45) is 0 Å². The molecular weight excluding hydrogens is 924 g/mol. The molecule has 0 spiro atoms. The second kappa shape index (κ2) is 53.2. The van der Waals surface area contributed by atoms with Crippen molar-refractivity contribution in [3.05, 3.63) is 146 Å². The molecule has 0 aliphatic carbocycles. The average Bonchev–Trinajstić information content (AvgIpc) is 3.35. The normalized spacial score (nSPS) is 15.0. The topological polar surface area (TPSA) is 108 Å². The van der Waals surface area contributed by atoms with Gasteiger partial charge in [-0.15, -0.1) is 0 Å². The van der Waals surface area contributed by atoms with Crippen molar-refractivity contribution in [2.45, 2.75) is 212 Å². The molecule has 0 rings (SSSR count). The van der Waals surface area contributed by atoms with Crippen LogP contribution in [0.1, 0.15) is 200 Å². The second-order valence-electron chi connectivity index (χ2n) is 19.9. The van der Waals surface area contributed by atoms with Gasteiger partial charge >= 0.3 is 0 Å². The second-order valence-corrected chi connectivity index (χ2v) is 21.3. The molecule has 3 unspecified atom stereocenters. The highest BCUT2D eigenvalue weighted by Crippen LogP contribution is 2.38. The monoisotopic (exact) mass is 1030 g/mol. The maximum Gasteiger partial charge on any atom is 0.268 e. The van der Waals surface area contributed by atoms with E-state index in [0.29, 0.717) is 17.4 Å². The fourth-order valence-corrected chi connectivity index (χ4v) is 8.04. The van der Waals surface area contributed by atoms with E-state index in [0.717, 1.165) is 116 Å². The Morgan fingerprint density at radius 2 is 0.849 bits per heavy atom. The minimum atomic E-state index is -4.61. The van der Waals surface area contributed by atoms with Gasteiger partial charge in [-0.3, -0.25) is 9.36 Å². The van der Waals surface area contributed by atoms with E-state index in [-0.39, 0.29) is 12.5 Å². The van der Waals surface area contributed by atoms with E-state index in [1.165, 1.54) is 64.2 Å². The number of carbonyl (C=O) groups is 1. The summed E-state index contributed by atoms with van der Waals surface area (Å²) in [5, 5.41) is 13.8. The third kappa shape index (κ3) is 56.0. The highest BCUT2D eigenvalue weighted by Gasteiger charge is 2.23. The number of likely N-dealkylation sites (N-methyl/N-ethyl adjacent to an activating group) is 1. The lowest BCUT2D eigenvalue weighted by Gasteiger charge is -2.29. The number of amides is 1. The molecule has 0 aromatic rings. The molecule has 2 N–H and O–H groups in total. The van der Waals surface area contributed by atoms with Crippen molar-refractivity contribution < 1.29 is 32.9 Å². The Morgan fingerprint density at radius 3 is 1.27 bits per heavy atom. The molecule has 0 saturated heterocycles. The SMILES string of the molecule is CC/C=C\C/C=C\C/C=C\C/C=C\C/C=C\C/C=C\C/C=C\C/C=C\C/C=C\C/C=C\CCCCCCCCCCC(=O)NC(COP(=O)([O-])OCC[N+](C)(C)C)C(O)/C=C/CC/C=C/CCCCCCCC. The molecule has 0 saturated carbocycles. The molecule has 0 aliphatic heterocycles. The van der Waals surface area contributed by atoms with E-state index >= 15 is 0 Å². The minimum absolute atomic E-state index is 0.0156. The van der Waals surface area contributed by atoms with Crippen molar-refractivity contribution in [3.63, 3.8) is 0 Å². The molecule has 414 valence electrons. The van der Waals surface area contributed by atoms with Crippen LogP contribution in [0.2, 0.25) is 0 Å². The van der Waals surface area contributed by atoms with E-state index in [9.17, 15) is 19.4 Å². The maximum absolute atomic E-state index is 12.9. The fraction of sp³-hybridized carbons (Fsp3) is 0.609. The van der Waals surface area contributed by atoms with Crippen LogP contribution in [-0.2, 0) is 18.4 Å². The Hall–Kier alpha value is -3.62. The molecule has 0 fully saturated rings. The fourth-order valence-electron chi connectivity index (χ4n) is 7.31. The molecule has 8 nitrogen and oxygen atoms in total. The Balaban J connectivity index is 4.15. The molecular formula is C64H107N2O6P. The smallest absolute Gasteiger partial charge is 0.268 e. The van der Waals surface area contributed by atoms with Crippen LogP contribution in [0.25, 0.3) is 0 Å². The van der Waals surface area contributed by atoms with Gasteiger partial charge in [0, 0.05) is 6.42 Å². The lowest BCUT2D eigenvalue weighted by atomic mass is 10.1. The number of nitrogens with one attached hydrogen (secondary N) is 1. The summed E-state index contributed by atoms with van der Waals surface area (Å²) < 4.78 is 23.2. The van der Waals surface area contributed by atoms with Crippen LogP contribution in [0, 0.1) is 0 Å². The number of nitrogens with zero attached hydrogens (tertiary/aromatic N) is 1. The van der Waals surface area contributed by atoms with E-state index in [4.69, 9.17) is 9.05 Å². The lowest BCUT2D eigenvalue weighted by molar-refractivity contribution is -0.870. The Labute approximate surface area is 449 Å². The number of aliphatic hydroxyl groups excluding tert-OH is 1. The highest BCUT2D eigenvalue weighted by atomic mass is 31.2. The van der Waals surface area contributed by atoms with Gasteiger partial charge in [-0.25, -0.2) is 0 Å². The summed E-state index contributed by atoms with van der Waals surface area (Å²) in [4.78, 5) is 25.4. The summed E-state index contributed by atoms with van der Waals surface area (Å²) in [5.41, 5.74) is 0. The third-order valence-electron chi connectivity index (χ3n) is 11.8. The van der Waals surface area contributed by atoms with Crippen molar-refractivity contribution in [1.82, 2.24) is 5.32 Å². The Morgan fingerprint density at radius 1 is 0.493 bits per heavy atom. The van der Waals surface area contributed by atoms with Crippen LogP contribution >= 0.6 is 7.82 Å². The largest absolute Gasteiger partial charge is 0.756 e. The molecule has 1 amide bonds. The van der Waals surface area contributed by atoms with E-state index < -0.39 is 26.6 Å². The van der Waals surface area contributed by atoms with Crippen LogP contribution in [0.5, 0.6) is 0 Å². The van der Waals surface area contributed by atoms with Crippen LogP contribution in [0.15, 0.2) is 146 Å². The van der Waals surface area contributed by atoms with Crippen LogP contribution in [0.3, 0.4) is 0 Å². The van der Waals surface area contributed by atoms with Crippen molar-refractivity contribution in [1.29, 1.82) is 0 Å². The van der Waals surface area contributed by atoms with E-state index in [2.05, 4.69) is 153 Å². The number of phosphoric acid groups is 1. The lowest BCUT2D eigenvalue weighted by Crippen LogP contribution is -2.45. The number of unbranched alkanes of at least 4 members (excludes halogenated alkanes) is 15. The van der Waals surface area contributed by atoms with E-state index in [1.807, 2.05) is 27.2 Å². The van der Waals surface area contributed by atoms with Gasteiger partial charge < -0.3 is 28.8 Å². The molecule has 73 heavy (non-hydrogen) atoms. The van der Waals surface area contributed by atoms with Gasteiger partial charge in [-0.1, -0.05) is 230 Å². The number of quaternary nitrogens is 1. The summed E-state index contributed by atoms with van der Waals surface area (Å²) in [6.45, 7) is 4.46. The molecule has 0 aromatic carbocycles. The van der Waals surface area contributed by atoms with Gasteiger partial charge in [-0.05, 0) is 109 Å². The quantitative estimate of drug-likeness (QED) is 0.0272. The van der Waals surface area contributed by atoms with Crippen molar-refractivity contribution in [3.8, 4) is 0 Å². The van der Waals surface area contributed by atoms with E-state index in [1.54, 1.807) is 6.08 Å². The zero-order chi connectivity index (χ0) is 53.5. The van der Waals surface area contributed by atoms with Crippen molar-refractivity contribution >= 4 is 13.7 Å². The summed E-state index contributed by atoms with van der Waals surface area (Å²) in [6, 6.07) is -0.917. The summed E-state index contributed by atoms with van der Waals surface area (Å²) in [7, 11) is 1.21. The first-order valence-corrected chi connectivity index (χ1v) is 30.2. The molecule has 3 atom stereocenters. The number of phosphoric ester groups is 1. The predicted molar refractivity (Wildman–Crippen MR) is 315 cm³/mol. The molecule has 0 heterocycles. The summed E-state index contributed by atoms with van der Waals surface area (Å²) in [5.74, 6) is -0.224. The Bertz CT molecular complexity index is 1690. The van der Waals surface area contributed by atoms with Gasteiger partial charge in [0.1, 0.15) is 13.2 Å². The van der Waals surface area contributed by atoms with Gasteiger partial charge in [0.15, 0.2) is 0 Å². The molecule has 0 aromatic heterocycles. The maximum atomic E-state index is 12.9. The number of aliphatic hydroxyl groups is 1. The first-order chi connectivity index (χ1) is 35.5. The standard InChI is InChI=1S/C64H107N2O6P/c1-6-8-10-12-14-16-18-20-21-22-23-24-25-26-27-28-29-30-31-32-33-34-35-36-37-38-39-40-41-42-43-44-45-46-48-50-52-54-56-58-64(68)65-62(61-72-73(69,70)71-60-59-66(3,4)5)63(67)57-55-53-51-49-47-19-17-15-13-11-9-7-2/h8,10,14,16,20-21,23-24,26-27,29-30,32-33,35-36,38-39,41-42,47,49,55,57,62-63,67H,6-7,9,11-13,15,17-19,22,25,28,31,34,37,40,43-46,48,50-54,56,58-61H2,1-5H3,(H-,65,68,69,70)/b10-8-,16-14-,21-20-,24-23-,27-26-,30-29-,33-32-,36-35-,39-38-,42-41-,49-47+,57-55+. The molecule has 0 aliphatic rings. The van der Waals surface area contributed by atoms with Gasteiger partial charge in [0.25, 0.3) is 7.82 Å². The van der Waals surface area contributed by atoms with Crippen molar-refractivity contribution in [2.75, 3.05) is 40.9 Å². The molecule has 0 bridgehead atoms. The number of allylic oxidation sites excluding steroid dienone is 23. The Kier molecular flexibility index (Phi) is 50.6. The van der Waals surface area contributed by atoms with Crippen LogP contribution < -0.4 is 10.2 Å². The summed E-state index contributed by atoms with van der Waals surface area (Å²) >= 11 is 0. The average molecular weight is 1030 g/mol. The van der Waals surface area contributed by atoms with Gasteiger partial charge in [0.2, 0.25) is 5.91 Å². The van der Waals surface area contributed by atoms with Gasteiger partial charge in [-0.2, -0.15) is 0 Å². The number of carbonyl (C=O) groups excluding carboxylic acids is 1. The van der Waals surface area contributed by atoms with Gasteiger partial charge in [0.05, 0.1) is 39.9 Å². The minimum Gasteiger partial charge on any atom is -0.756 e. The number of hydrogen-bond donors (Lipinski definition) is 2. The molecule has 0 radical (unpaired) electrons. The third-order valence-corrected chi connectivity index (χ3v) is 12.7.